The number of nitrogens with one attached hydrogen (secondary N) is 1. The molecule has 5 nitrogen and oxygen atoms in total. The van der Waals surface area contributed by atoms with Crippen LogP contribution in [0.4, 0.5) is 11.6 Å². The van der Waals surface area contributed by atoms with Gasteiger partial charge in [-0.25, -0.2) is 9.97 Å². The molecule has 0 bridgehead atoms. The minimum Gasteiger partial charge on any atom is -0.367 e. The number of rotatable bonds is 8. The first-order valence-electron chi connectivity index (χ1n) is 7.02. The molecule has 1 aromatic rings. The molecule has 1 rings (SSSR count). The van der Waals surface area contributed by atoms with Crippen molar-refractivity contribution in [2.75, 3.05) is 30.4 Å². The maximum Gasteiger partial charge on any atom is 0.133 e. The monoisotopic (exact) mass is 265 g/mol. The summed E-state index contributed by atoms with van der Waals surface area (Å²) in [6, 6.07) is 2.32. The third kappa shape index (κ3) is 5.87. The number of hydrogen-bond acceptors (Lipinski definition) is 5. The first-order valence-corrected chi connectivity index (χ1v) is 7.02. The van der Waals surface area contributed by atoms with Crippen LogP contribution in [0, 0.1) is 5.92 Å². The summed E-state index contributed by atoms with van der Waals surface area (Å²) in [5, 5.41) is 3.35. The van der Waals surface area contributed by atoms with Crippen LogP contribution >= 0.6 is 0 Å². The van der Waals surface area contributed by atoms with Gasteiger partial charge < -0.3 is 16.0 Å². The first-order chi connectivity index (χ1) is 9.02. The van der Waals surface area contributed by atoms with Gasteiger partial charge in [-0.05, 0) is 32.2 Å². The summed E-state index contributed by atoms with van der Waals surface area (Å²) < 4.78 is 0. The van der Waals surface area contributed by atoms with E-state index in [1.54, 1.807) is 6.33 Å². The molecule has 0 fully saturated rings. The Kier molecular flexibility index (Phi) is 6.56. The van der Waals surface area contributed by atoms with Crippen molar-refractivity contribution in [1.82, 2.24) is 9.97 Å². The fourth-order valence-electron chi connectivity index (χ4n) is 1.78. The van der Waals surface area contributed by atoms with E-state index in [9.17, 15) is 0 Å². The summed E-state index contributed by atoms with van der Waals surface area (Å²) >= 11 is 0. The van der Waals surface area contributed by atoms with Crippen molar-refractivity contribution >= 4 is 11.6 Å². The van der Waals surface area contributed by atoms with Crippen molar-refractivity contribution in [3.05, 3.63) is 12.4 Å². The largest absolute Gasteiger partial charge is 0.367 e. The van der Waals surface area contributed by atoms with Gasteiger partial charge in [0.15, 0.2) is 0 Å². The van der Waals surface area contributed by atoms with Crippen molar-refractivity contribution in [2.45, 2.75) is 39.7 Å². The molecule has 3 N–H and O–H groups in total. The van der Waals surface area contributed by atoms with Crippen molar-refractivity contribution in [3.8, 4) is 0 Å². The molecule has 108 valence electrons. The quantitative estimate of drug-likeness (QED) is 0.753. The second kappa shape index (κ2) is 7.94. The predicted octanol–water partition coefficient (Wildman–Crippen LogP) is 2.11. The Balaban J connectivity index is 2.60. The Morgan fingerprint density at radius 2 is 2.00 bits per heavy atom. The molecule has 0 saturated carbocycles. The third-order valence-electron chi connectivity index (χ3n) is 3.08. The fraction of sp³-hybridized carbons (Fsp3) is 0.714. The van der Waals surface area contributed by atoms with Gasteiger partial charge in [0.25, 0.3) is 0 Å². The van der Waals surface area contributed by atoms with Crippen molar-refractivity contribution in [2.24, 2.45) is 11.7 Å². The lowest BCUT2D eigenvalue weighted by Gasteiger charge is -2.20. The van der Waals surface area contributed by atoms with E-state index >= 15 is 0 Å². The lowest BCUT2D eigenvalue weighted by molar-refractivity contribution is 0.583. The van der Waals surface area contributed by atoms with E-state index in [4.69, 9.17) is 5.73 Å². The molecule has 1 aromatic heterocycles. The van der Waals surface area contributed by atoms with E-state index in [-0.39, 0.29) is 0 Å². The van der Waals surface area contributed by atoms with E-state index < -0.39 is 0 Å². The van der Waals surface area contributed by atoms with Crippen molar-refractivity contribution in [3.63, 3.8) is 0 Å². The first kappa shape index (κ1) is 15.7. The molecule has 0 spiro atoms. The molecule has 0 aliphatic carbocycles. The minimum absolute atomic E-state index is 0.328. The van der Waals surface area contributed by atoms with Gasteiger partial charge in [0, 0.05) is 25.7 Å². The zero-order valence-corrected chi connectivity index (χ0v) is 12.6. The lowest BCUT2D eigenvalue weighted by Crippen LogP contribution is -2.23. The van der Waals surface area contributed by atoms with E-state index in [1.165, 1.54) is 0 Å². The predicted molar refractivity (Wildman–Crippen MR) is 81.5 cm³/mol. The summed E-state index contributed by atoms with van der Waals surface area (Å²) in [6.07, 6.45) is 3.70. The standard InChI is InChI=1S/C14H27N5/c1-11(2)6-8-19(4)14-9-13(16-10-17-14)18-12(3)5-7-15/h9-12H,5-8,15H2,1-4H3,(H,16,17,18). The molecule has 0 saturated heterocycles. The van der Waals surface area contributed by atoms with Crippen molar-refractivity contribution < 1.29 is 0 Å². The number of aromatic nitrogens is 2. The van der Waals surface area contributed by atoms with Gasteiger partial charge in [-0.1, -0.05) is 13.8 Å². The molecule has 5 heteroatoms. The highest BCUT2D eigenvalue weighted by atomic mass is 15.2. The van der Waals surface area contributed by atoms with Gasteiger partial charge in [-0.15, -0.1) is 0 Å². The highest BCUT2D eigenvalue weighted by molar-refractivity contribution is 5.48. The van der Waals surface area contributed by atoms with E-state index in [1.807, 2.05) is 6.07 Å². The molecule has 0 aliphatic heterocycles. The topological polar surface area (TPSA) is 67.1 Å². The number of hydrogen-bond donors (Lipinski definition) is 2. The van der Waals surface area contributed by atoms with Gasteiger partial charge in [0.2, 0.25) is 0 Å². The lowest BCUT2D eigenvalue weighted by atomic mass is 10.1. The summed E-state index contributed by atoms with van der Waals surface area (Å²) in [4.78, 5) is 10.7. The normalized spacial score (nSPS) is 12.5. The summed E-state index contributed by atoms with van der Waals surface area (Å²) in [7, 11) is 2.07. The molecule has 0 aromatic carbocycles. The van der Waals surface area contributed by atoms with Crippen LogP contribution in [0.5, 0.6) is 0 Å². The Labute approximate surface area is 116 Å². The second-order valence-electron chi connectivity index (χ2n) is 5.49. The molecular formula is C14H27N5. The van der Waals surface area contributed by atoms with Gasteiger partial charge in [0.1, 0.15) is 18.0 Å². The average Bonchev–Trinajstić information content (AvgIpc) is 2.36. The molecular weight excluding hydrogens is 238 g/mol. The average molecular weight is 265 g/mol. The summed E-state index contributed by atoms with van der Waals surface area (Å²) in [6.45, 7) is 8.26. The molecule has 0 radical (unpaired) electrons. The van der Waals surface area contributed by atoms with Crippen molar-refractivity contribution in [1.29, 1.82) is 0 Å². The third-order valence-corrected chi connectivity index (χ3v) is 3.08. The smallest absolute Gasteiger partial charge is 0.133 e. The van der Waals surface area contributed by atoms with Gasteiger partial charge in [-0.2, -0.15) is 0 Å². The number of nitrogens with two attached hydrogens (primary N) is 1. The van der Waals surface area contributed by atoms with Gasteiger partial charge in [-0.3, -0.25) is 0 Å². The SMILES string of the molecule is CC(C)CCN(C)c1cc(NC(C)CCN)ncn1. The molecule has 0 aliphatic rings. The highest BCUT2D eigenvalue weighted by Gasteiger charge is 2.07. The second-order valence-corrected chi connectivity index (χ2v) is 5.49. The van der Waals surface area contributed by atoms with Gasteiger partial charge in [0.05, 0.1) is 0 Å². The number of nitrogens with zero attached hydrogens (tertiary/aromatic N) is 3. The Morgan fingerprint density at radius 1 is 1.26 bits per heavy atom. The summed E-state index contributed by atoms with van der Waals surface area (Å²) in [5.74, 6) is 2.52. The van der Waals surface area contributed by atoms with Crippen LogP contribution in [0.15, 0.2) is 12.4 Å². The maximum atomic E-state index is 5.55. The number of anilines is 2. The van der Waals surface area contributed by atoms with Crippen LogP contribution in [0.1, 0.15) is 33.6 Å². The minimum atomic E-state index is 0.328. The Bertz CT molecular complexity index is 367. The van der Waals surface area contributed by atoms with E-state index in [0.717, 1.165) is 31.0 Å². The molecule has 1 atom stereocenters. The zero-order valence-electron chi connectivity index (χ0n) is 12.6. The van der Waals surface area contributed by atoms with Crippen LogP contribution in [-0.4, -0.2) is 36.1 Å². The van der Waals surface area contributed by atoms with E-state index in [2.05, 4.69) is 48.0 Å². The fourth-order valence-corrected chi connectivity index (χ4v) is 1.78. The maximum absolute atomic E-state index is 5.55. The van der Waals surface area contributed by atoms with Crippen LogP contribution in [0.2, 0.25) is 0 Å². The van der Waals surface area contributed by atoms with Crippen LogP contribution < -0.4 is 16.0 Å². The van der Waals surface area contributed by atoms with E-state index in [0.29, 0.717) is 18.5 Å². The van der Waals surface area contributed by atoms with Crippen LogP contribution in [0.3, 0.4) is 0 Å². The molecule has 19 heavy (non-hydrogen) atoms. The Morgan fingerprint density at radius 3 is 2.63 bits per heavy atom. The van der Waals surface area contributed by atoms with Crippen LogP contribution in [-0.2, 0) is 0 Å². The molecule has 0 amide bonds. The Hall–Kier alpha value is -1.36. The zero-order chi connectivity index (χ0) is 14.3. The van der Waals surface area contributed by atoms with Crippen LogP contribution in [0.25, 0.3) is 0 Å². The molecule has 1 unspecified atom stereocenters. The molecule has 1 heterocycles. The highest BCUT2D eigenvalue weighted by Crippen LogP contribution is 2.15. The summed E-state index contributed by atoms with van der Waals surface area (Å²) in [5.41, 5.74) is 5.55. The van der Waals surface area contributed by atoms with Gasteiger partial charge >= 0.3 is 0 Å².